The molecule has 1 aliphatic rings. The molecule has 1 unspecified atom stereocenters. The number of likely N-dealkylation sites (N-methyl/N-ethyl adjacent to an activating group) is 2. The Morgan fingerprint density at radius 1 is 1.29 bits per heavy atom. The summed E-state index contributed by atoms with van der Waals surface area (Å²) >= 11 is 0. The topological polar surface area (TPSA) is 15.3 Å². The standard InChI is InChI=1S/C15H24N2/c1-4-17(14-9-10-14)11-15(16-3)13-7-5-12(2)6-8-13/h5-8,14-16H,4,9-11H2,1-3H3. The van der Waals surface area contributed by atoms with Crippen molar-refractivity contribution in [2.75, 3.05) is 20.1 Å². The lowest BCUT2D eigenvalue weighted by Gasteiger charge is -2.26. The lowest BCUT2D eigenvalue weighted by Crippen LogP contribution is -2.35. The zero-order valence-corrected chi connectivity index (χ0v) is 11.2. The van der Waals surface area contributed by atoms with Crippen molar-refractivity contribution < 1.29 is 0 Å². The van der Waals surface area contributed by atoms with Crippen LogP contribution in [0.4, 0.5) is 0 Å². The van der Waals surface area contributed by atoms with E-state index in [0.29, 0.717) is 6.04 Å². The summed E-state index contributed by atoms with van der Waals surface area (Å²) in [7, 11) is 2.06. The van der Waals surface area contributed by atoms with Crippen LogP contribution in [0.15, 0.2) is 24.3 Å². The Bertz CT molecular complexity index is 340. The van der Waals surface area contributed by atoms with E-state index in [2.05, 4.69) is 55.4 Å². The first-order chi connectivity index (χ1) is 8.24. The molecule has 0 heterocycles. The molecule has 0 saturated heterocycles. The summed E-state index contributed by atoms with van der Waals surface area (Å²) in [6.07, 6.45) is 2.77. The first-order valence-corrected chi connectivity index (χ1v) is 6.72. The lowest BCUT2D eigenvalue weighted by atomic mass is 10.0. The van der Waals surface area contributed by atoms with Crippen molar-refractivity contribution in [1.82, 2.24) is 10.2 Å². The van der Waals surface area contributed by atoms with Gasteiger partial charge in [0.15, 0.2) is 0 Å². The Morgan fingerprint density at radius 2 is 1.94 bits per heavy atom. The number of hydrogen-bond donors (Lipinski definition) is 1. The van der Waals surface area contributed by atoms with E-state index in [9.17, 15) is 0 Å². The van der Waals surface area contributed by atoms with Crippen LogP contribution in [0.2, 0.25) is 0 Å². The smallest absolute Gasteiger partial charge is 0.0446 e. The van der Waals surface area contributed by atoms with Gasteiger partial charge in [-0.25, -0.2) is 0 Å². The van der Waals surface area contributed by atoms with Crippen molar-refractivity contribution >= 4 is 0 Å². The van der Waals surface area contributed by atoms with Crippen molar-refractivity contribution in [2.45, 2.75) is 38.8 Å². The molecular weight excluding hydrogens is 208 g/mol. The van der Waals surface area contributed by atoms with E-state index < -0.39 is 0 Å². The van der Waals surface area contributed by atoms with Crippen molar-refractivity contribution in [2.24, 2.45) is 0 Å². The highest BCUT2D eigenvalue weighted by molar-refractivity contribution is 5.24. The predicted octanol–water partition coefficient (Wildman–Crippen LogP) is 2.74. The van der Waals surface area contributed by atoms with Crippen LogP contribution in [0.3, 0.4) is 0 Å². The Labute approximate surface area is 105 Å². The summed E-state index contributed by atoms with van der Waals surface area (Å²) < 4.78 is 0. The third-order valence-electron chi connectivity index (χ3n) is 3.71. The molecule has 1 aromatic rings. The molecule has 1 aliphatic carbocycles. The molecule has 0 spiro atoms. The van der Waals surface area contributed by atoms with E-state index in [4.69, 9.17) is 0 Å². The second-order valence-electron chi connectivity index (χ2n) is 5.07. The molecule has 2 rings (SSSR count). The molecule has 1 aromatic carbocycles. The number of benzene rings is 1. The quantitative estimate of drug-likeness (QED) is 0.811. The van der Waals surface area contributed by atoms with E-state index in [1.165, 1.54) is 24.0 Å². The average Bonchev–Trinajstić information content (AvgIpc) is 3.17. The fourth-order valence-corrected chi connectivity index (χ4v) is 2.37. The predicted molar refractivity (Wildman–Crippen MR) is 73.2 cm³/mol. The van der Waals surface area contributed by atoms with Gasteiger partial charge in [-0.3, -0.25) is 4.90 Å². The molecule has 0 radical (unpaired) electrons. The molecule has 0 aromatic heterocycles. The molecule has 1 saturated carbocycles. The molecule has 0 aliphatic heterocycles. The fourth-order valence-electron chi connectivity index (χ4n) is 2.37. The Balaban J connectivity index is 2.02. The zero-order valence-electron chi connectivity index (χ0n) is 11.2. The van der Waals surface area contributed by atoms with Crippen molar-refractivity contribution in [1.29, 1.82) is 0 Å². The highest BCUT2D eigenvalue weighted by Gasteiger charge is 2.29. The van der Waals surface area contributed by atoms with Crippen LogP contribution in [-0.4, -0.2) is 31.1 Å². The third-order valence-corrected chi connectivity index (χ3v) is 3.71. The van der Waals surface area contributed by atoms with Crippen LogP contribution in [0.5, 0.6) is 0 Å². The Hall–Kier alpha value is -0.860. The largest absolute Gasteiger partial charge is 0.312 e. The summed E-state index contributed by atoms with van der Waals surface area (Å²) in [5.41, 5.74) is 2.73. The van der Waals surface area contributed by atoms with Gasteiger partial charge in [0, 0.05) is 18.6 Å². The second-order valence-corrected chi connectivity index (χ2v) is 5.07. The Morgan fingerprint density at radius 3 is 2.41 bits per heavy atom. The first-order valence-electron chi connectivity index (χ1n) is 6.72. The van der Waals surface area contributed by atoms with Crippen LogP contribution >= 0.6 is 0 Å². The van der Waals surface area contributed by atoms with Gasteiger partial charge in [0.1, 0.15) is 0 Å². The molecule has 17 heavy (non-hydrogen) atoms. The zero-order chi connectivity index (χ0) is 12.3. The van der Waals surface area contributed by atoms with Crippen LogP contribution in [-0.2, 0) is 0 Å². The molecule has 1 fully saturated rings. The van der Waals surface area contributed by atoms with Gasteiger partial charge in [0.25, 0.3) is 0 Å². The van der Waals surface area contributed by atoms with Crippen LogP contribution in [0.25, 0.3) is 0 Å². The molecular formula is C15H24N2. The third kappa shape index (κ3) is 3.30. The van der Waals surface area contributed by atoms with Crippen molar-refractivity contribution in [3.8, 4) is 0 Å². The molecule has 1 atom stereocenters. The minimum atomic E-state index is 0.455. The molecule has 2 heteroatoms. The van der Waals surface area contributed by atoms with E-state index in [0.717, 1.165) is 19.1 Å². The molecule has 94 valence electrons. The maximum absolute atomic E-state index is 3.44. The molecule has 1 N–H and O–H groups in total. The molecule has 0 bridgehead atoms. The lowest BCUT2D eigenvalue weighted by molar-refractivity contribution is 0.248. The van der Waals surface area contributed by atoms with Crippen molar-refractivity contribution in [3.63, 3.8) is 0 Å². The second kappa shape index (κ2) is 5.65. The number of nitrogens with one attached hydrogen (secondary N) is 1. The highest BCUT2D eigenvalue weighted by atomic mass is 15.2. The summed E-state index contributed by atoms with van der Waals surface area (Å²) in [6.45, 7) is 6.69. The van der Waals surface area contributed by atoms with Crippen LogP contribution in [0, 0.1) is 6.92 Å². The minimum absolute atomic E-state index is 0.455. The summed E-state index contributed by atoms with van der Waals surface area (Å²) in [6, 6.07) is 10.2. The van der Waals surface area contributed by atoms with E-state index in [1.54, 1.807) is 0 Å². The number of nitrogens with zero attached hydrogens (tertiary/aromatic N) is 1. The minimum Gasteiger partial charge on any atom is -0.312 e. The molecule has 2 nitrogen and oxygen atoms in total. The van der Waals surface area contributed by atoms with Gasteiger partial charge >= 0.3 is 0 Å². The number of aryl methyl sites for hydroxylation is 1. The SMILES string of the molecule is CCN(CC(NC)c1ccc(C)cc1)C1CC1. The summed E-state index contributed by atoms with van der Waals surface area (Å²) in [4.78, 5) is 2.60. The highest BCUT2D eigenvalue weighted by Crippen LogP contribution is 2.28. The first kappa shape index (κ1) is 12.6. The fraction of sp³-hybridized carbons (Fsp3) is 0.600. The van der Waals surface area contributed by atoms with Gasteiger partial charge in [0.05, 0.1) is 0 Å². The van der Waals surface area contributed by atoms with Gasteiger partial charge < -0.3 is 5.32 Å². The monoisotopic (exact) mass is 232 g/mol. The van der Waals surface area contributed by atoms with Gasteiger partial charge in [-0.1, -0.05) is 36.8 Å². The summed E-state index contributed by atoms with van der Waals surface area (Å²) in [5.74, 6) is 0. The van der Waals surface area contributed by atoms with Gasteiger partial charge in [-0.15, -0.1) is 0 Å². The maximum atomic E-state index is 3.44. The normalized spacial score (nSPS) is 17.4. The number of rotatable bonds is 6. The average molecular weight is 232 g/mol. The van der Waals surface area contributed by atoms with Crippen molar-refractivity contribution in [3.05, 3.63) is 35.4 Å². The summed E-state index contributed by atoms with van der Waals surface area (Å²) in [5, 5.41) is 3.44. The molecule has 0 amide bonds. The van der Waals surface area contributed by atoms with Crippen LogP contribution < -0.4 is 5.32 Å². The Kier molecular flexibility index (Phi) is 4.19. The van der Waals surface area contributed by atoms with E-state index >= 15 is 0 Å². The maximum Gasteiger partial charge on any atom is 0.0446 e. The van der Waals surface area contributed by atoms with E-state index in [-0.39, 0.29) is 0 Å². The van der Waals surface area contributed by atoms with Crippen LogP contribution in [0.1, 0.15) is 36.9 Å². The van der Waals surface area contributed by atoms with E-state index in [1.807, 2.05) is 0 Å². The number of hydrogen-bond acceptors (Lipinski definition) is 2. The van der Waals surface area contributed by atoms with Gasteiger partial charge in [0.2, 0.25) is 0 Å². The van der Waals surface area contributed by atoms with Gasteiger partial charge in [-0.05, 0) is 38.9 Å². The van der Waals surface area contributed by atoms with Gasteiger partial charge in [-0.2, -0.15) is 0 Å².